The second kappa shape index (κ2) is 5.04. The molecule has 1 aliphatic rings. The van der Waals surface area contributed by atoms with Crippen LogP contribution in [-0.2, 0) is 11.3 Å². The van der Waals surface area contributed by atoms with Crippen molar-refractivity contribution in [2.75, 3.05) is 0 Å². The first-order valence-electron chi connectivity index (χ1n) is 6.64. The third kappa shape index (κ3) is 2.78. The number of benzene rings is 1. The summed E-state index contributed by atoms with van der Waals surface area (Å²) in [5.74, 6) is 0.157. The van der Waals surface area contributed by atoms with Crippen molar-refractivity contribution < 1.29 is 4.79 Å². The predicted octanol–water partition coefficient (Wildman–Crippen LogP) is 3.91. The summed E-state index contributed by atoms with van der Waals surface area (Å²) in [7, 11) is 0. The first-order valence-corrected chi connectivity index (χ1v) is 6.64. The normalized spacial score (nSPS) is 17.8. The van der Waals surface area contributed by atoms with E-state index in [2.05, 4.69) is 43.2 Å². The number of Topliss-reactive ketones (excluding diaryl/α,β-unsaturated/α-hetero) is 1. The Bertz CT molecular complexity index is 538. The van der Waals surface area contributed by atoms with Crippen LogP contribution in [0.25, 0.3) is 0 Å². The molecule has 1 heterocycles. The van der Waals surface area contributed by atoms with Crippen molar-refractivity contribution in [3.8, 4) is 0 Å². The lowest BCUT2D eigenvalue weighted by Crippen LogP contribution is -2.29. The Morgan fingerprint density at radius 2 is 1.84 bits per heavy atom. The van der Waals surface area contributed by atoms with Gasteiger partial charge in [-0.05, 0) is 19.4 Å². The maximum Gasteiger partial charge on any atom is 0.158 e. The van der Waals surface area contributed by atoms with Gasteiger partial charge in [0.25, 0.3) is 0 Å². The van der Waals surface area contributed by atoms with E-state index in [4.69, 9.17) is 0 Å². The molecule has 0 saturated heterocycles. The first kappa shape index (κ1) is 13.6. The number of hydrogen-bond donors (Lipinski definition) is 0. The number of hydrogen-bond acceptors (Lipinski definition) is 2. The number of rotatable bonds is 3. The van der Waals surface area contributed by atoms with E-state index in [0.717, 1.165) is 17.8 Å². The van der Waals surface area contributed by atoms with Crippen LogP contribution in [0.2, 0.25) is 0 Å². The Hall–Kier alpha value is -1.83. The van der Waals surface area contributed by atoms with Gasteiger partial charge in [0.15, 0.2) is 5.78 Å². The number of allylic oxidation sites excluding steroid dienone is 3. The summed E-state index contributed by atoms with van der Waals surface area (Å²) in [6.07, 6.45) is 4.20. The Balaban J connectivity index is 2.31. The third-order valence-electron chi connectivity index (χ3n) is 3.66. The molecule has 2 nitrogen and oxygen atoms in total. The van der Waals surface area contributed by atoms with E-state index in [9.17, 15) is 4.79 Å². The largest absolute Gasteiger partial charge is 0.347 e. The van der Waals surface area contributed by atoms with E-state index >= 15 is 0 Å². The molecule has 0 amide bonds. The van der Waals surface area contributed by atoms with Crippen molar-refractivity contribution in [1.82, 2.24) is 4.90 Å². The molecule has 0 unspecified atom stereocenters. The molecular formula is C17H21NO. The van der Waals surface area contributed by atoms with Gasteiger partial charge < -0.3 is 4.90 Å². The summed E-state index contributed by atoms with van der Waals surface area (Å²) < 4.78 is 0. The van der Waals surface area contributed by atoms with Crippen LogP contribution in [0, 0.1) is 5.41 Å². The van der Waals surface area contributed by atoms with E-state index < -0.39 is 0 Å². The number of carbonyl (C=O) groups excluding carboxylic acids is 1. The molecule has 0 fully saturated rings. The van der Waals surface area contributed by atoms with Crippen LogP contribution in [0.3, 0.4) is 0 Å². The van der Waals surface area contributed by atoms with Crippen LogP contribution in [0.5, 0.6) is 0 Å². The summed E-state index contributed by atoms with van der Waals surface area (Å²) in [5.41, 5.74) is 3.03. The Morgan fingerprint density at radius 1 is 1.21 bits per heavy atom. The predicted molar refractivity (Wildman–Crippen MR) is 78.3 cm³/mol. The minimum atomic E-state index is -0.177. The zero-order chi connectivity index (χ0) is 14.0. The van der Waals surface area contributed by atoms with Crippen molar-refractivity contribution in [1.29, 1.82) is 0 Å². The van der Waals surface area contributed by atoms with Gasteiger partial charge in [-0.3, -0.25) is 4.79 Å². The van der Waals surface area contributed by atoms with Crippen molar-refractivity contribution >= 4 is 5.78 Å². The number of nitrogens with zero attached hydrogens (tertiary/aromatic N) is 1. The molecule has 0 spiro atoms. The Labute approximate surface area is 115 Å². The van der Waals surface area contributed by atoms with Gasteiger partial charge in [0.05, 0.1) is 0 Å². The number of ketones is 1. The monoisotopic (exact) mass is 255 g/mol. The van der Waals surface area contributed by atoms with Crippen LogP contribution >= 0.6 is 0 Å². The van der Waals surface area contributed by atoms with Gasteiger partial charge in [-0.1, -0.05) is 50.3 Å². The molecule has 0 radical (unpaired) electrons. The molecule has 2 rings (SSSR count). The summed E-state index contributed by atoms with van der Waals surface area (Å²) >= 11 is 0. The van der Waals surface area contributed by atoms with Crippen LogP contribution in [0.1, 0.15) is 33.3 Å². The fraction of sp³-hybridized carbons (Fsp3) is 0.353. The molecule has 0 saturated carbocycles. The molecule has 19 heavy (non-hydrogen) atoms. The van der Waals surface area contributed by atoms with Crippen molar-refractivity contribution in [2.45, 2.75) is 34.2 Å². The van der Waals surface area contributed by atoms with Crippen LogP contribution in [-0.4, -0.2) is 10.7 Å². The molecular weight excluding hydrogens is 234 g/mol. The lowest BCUT2D eigenvalue weighted by Gasteiger charge is -2.35. The maximum absolute atomic E-state index is 11.9. The van der Waals surface area contributed by atoms with E-state index in [-0.39, 0.29) is 11.2 Å². The van der Waals surface area contributed by atoms with Gasteiger partial charge in [0.2, 0.25) is 0 Å². The van der Waals surface area contributed by atoms with Crippen molar-refractivity contribution in [3.63, 3.8) is 0 Å². The Morgan fingerprint density at radius 3 is 2.42 bits per heavy atom. The average Bonchev–Trinajstić information content (AvgIpc) is 2.33. The molecule has 0 aromatic heterocycles. The van der Waals surface area contributed by atoms with Gasteiger partial charge in [0, 0.05) is 29.4 Å². The van der Waals surface area contributed by atoms with Gasteiger partial charge >= 0.3 is 0 Å². The van der Waals surface area contributed by atoms with Gasteiger partial charge in [-0.2, -0.15) is 0 Å². The zero-order valence-electron chi connectivity index (χ0n) is 12.1. The summed E-state index contributed by atoms with van der Waals surface area (Å²) in [4.78, 5) is 14.1. The molecule has 1 aromatic carbocycles. The highest BCUT2D eigenvalue weighted by atomic mass is 16.1. The molecule has 0 aliphatic carbocycles. The Kier molecular flexibility index (Phi) is 3.61. The maximum atomic E-state index is 11.9. The quantitative estimate of drug-likeness (QED) is 0.816. The SMILES string of the molecule is CC(=O)C1=C(C)N(Cc2ccccc2)C=CC1(C)C. The standard InChI is InChI=1S/C17H21NO/c1-13-16(14(2)19)17(3,4)10-11-18(13)12-15-8-6-5-7-9-15/h5-11H,12H2,1-4H3. The topological polar surface area (TPSA) is 20.3 Å². The highest BCUT2D eigenvalue weighted by Crippen LogP contribution is 2.36. The summed E-state index contributed by atoms with van der Waals surface area (Å²) in [6.45, 7) is 8.66. The summed E-state index contributed by atoms with van der Waals surface area (Å²) in [5, 5.41) is 0. The van der Waals surface area contributed by atoms with Gasteiger partial charge in [0.1, 0.15) is 0 Å². The molecule has 1 aliphatic heterocycles. The van der Waals surface area contributed by atoms with E-state index in [1.165, 1.54) is 5.56 Å². The summed E-state index contributed by atoms with van der Waals surface area (Å²) in [6, 6.07) is 10.3. The molecule has 0 N–H and O–H groups in total. The second-order valence-electron chi connectivity index (χ2n) is 5.67. The molecule has 2 heteroatoms. The van der Waals surface area contributed by atoms with Crippen LogP contribution < -0.4 is 0 Å². The van der Waals surface area contributed by atoms with E-state index in [0.29, 0.717) is 0 Å². The van der Waals surface area contributed by atoms with E-state index in [1.807, 2.05) is 25.1 Å². The van der Waals surface area contributed by atoms with Crippen molar-refractivity contribution in [2.24, 2.45) is 5.41 Å². The lowest BCUT2D eigenvalue weighted by molar-refractivity contribution is -0.114. The average molecular weight is 255 g/mol. The van der Waals surface area contributed by atoms with E-state index in [1.54, 1.807) is 6.92 Å². The van der Waals surface area contributed by atoms with Gasteiger partial charge in [-0.25, -0.2) is 0 Å². The fourth-order valence-electron chi connectivity index (χ4n) is 2.74. The molecule has 0 bridgehead atoms. The smallest absolute Gasteiger partial charge is 0.158 e. The number of carbonyl (C=O) groups is 1. The third-order valence-corrected chi connectivity index (χ3v) is 3.66. The lowest BCUT2D eigenvalue weighted by atomic mass is 9.79. The van der Waals surface area contributed by atoms with Crippen LogP contribution in [0.4, 0.5) is 0 Å². The zero-order valence-corrected chi connectivity index (χ0v) is 12.1. The molecule has 0 atom stereocenters. The van der Waals surface area contributed by atoms with Gasteiger partial charge in [-0.15, -0.1) is 0 Å². The minimum Gasteiger partial charge on any atom is -0.347 e. The van der Waals surface area contributed by atoms with Crippen molar-refractivity contribution in [3.05, 3.63) is 59.4 Å². The second-order valence-corrected chi connectivity index (χ2v) is 5.67. The minimum absolute atomic E-state index is 0.157. The fourth-order valence-corrected chi connectivity index (χ4v) is 2.74. The first-order chi connectivity index (χ1) is 8.92. The highest BCUT2D eigenvalue weighted by molar-refractivity contribution is 5.95. The highest BCUT2D eigenvalue weighted by Gasteiger charge is 2.30. The molecule has 100 valence electrons. The molecule has 1 aromatic rings. The van der Waals surface area contributed by atoms with Crippen LogP contribution in [0.15, 0.2) is 53.9 Å².